The summed E-state index contributed by atoms with van der Waals surface area (Å²) in [5.74, 6) is 0.441. The lowest BCUT2D eigenvalue weighted by Crippen LogP contribution is -2.16. The molecule has 0 saturated heterocycles. The molecule has 1 atom stereocenters. The Morgan fingerprint density at radius 3 is 2.00 bits per heavy atom. The van der Waals surface area contributed by atoms with E-state index in [-0.39, 0.29) is 23.4 Å². The van der Waals surface area contributed by atoms with Gasteiger partial charge in [-0.15, -0.1) is 0 Å². The van der Waals surface area contributed by atoms with E-state index in [9.17, 15) is 15.0 Å². The second kappa shape index (κ2) is 9.98. The Morgan fingerprint density at radius 2 is 1.42 bits per heavy atom. The van der Waals surface area contributed by atoms with E-state index in [4.69, 9.17) is 4.74 Å². The van der Waals surface area contributed by atoms with Crippen LogP contribution in [0.3, 0.4) is 0 Å². The third kappa shape index (κ3) is 6.48. The van der Waals surface area contributed by atoms with Gasteiger partial charge in [0.05, 0.1) is 5.92 Å². The van der Waals surface area contributed by atoms with E-state index >= 15 is 0 Å². The topological polar surface area (TPSA) is 66.8 Å². The molecule has 0 aliphatic heterocycles. The van der Waals surface area contributed by atoms with Gasteiger partial charge in [-0.1, -0.05) is 62.4 Å². The molecule has 2 N–H and O–H groups in total. The van der Waals surface area contributed by atoms with E-state index in [0.29, 0.717) is 17.2 Å². The van der Waals surface area contributed by atoms with Gasteiger partial charge in [-0.05, 0) is 65.8 Å². The third-order valence-corrected chi connectivity index (χ3v) is 4.97. The largest absolute Gasteiger partial charge is 0.508 e. The maximum atomic E-state index is 12.6. The molecule has 0 radical (unpaired) electrons. The highest BCUT2D eigenvalue weighted by molar-refractivity contribution is 5.80. The van der Waals surface area contributed by atoms with Gasteiger partial charge < -0.3 is 14.9 Å². The minimum Gasteiger partial charge on any atom is -0.508 e. The lowest BCUT2D eigenvalue weighted by molar-refractivity contribution is -0.135. The number of hydrogen-bond acceptors (Lipinski definition) is 4. The molecule has 160 valence electrons. The highest BCUT2D eigenvalue weighted by atomic mass is 16.5. The fourth-order valence-electron chi connectivity index (χ4n) is 3.31. The summed E-state index contributed by atoms with van der Waals surface area (Å²) in [5, 5.41) is 19.1. The first kappa shape index (κ1) is 22.2. The van der Waals surface area contributed by atoms with Crippen molar-refractivity contribution in [3.63, 3.8) is 0 Å². The number of hydrogen-bond donors (Lipinski definition) is 2. The Labute approximate surface area is 183 Å². The lowest BCUT2D eigenvalue weighted by Gasteiger charge is -2.13. The van der Waals surface area contributed by atoms with E-state index in [1.54, 1.807) is 30.3 Å². The normalized spacial score (nSPS) is 12.3. The Balaban J connectivity index is 1.61. The molecule has 0 saturated carbocycles. The van der Waals surface area contributed by atoms with Gasteiger partial charge in [-0.3, -0.25) is 4.79 Å². The number of aromatic hydroxyl groups is 2. The predicted octanol–water partition coefficient (Wildman–Crippen LogP) is 6.18. The Bertz CT molecular complexity index is 1030. The minimum absolute atomic E-state index is 0.00518. The predicted molar refractivity (Wildman–Crippen MR) is 124 cm³/mol. The van der Waals surface area contributed by atoms with Crippen LogP contribution in [0.2, 0.25) is 0 Å². The zero-order chi connectivity index (χ0) is 22.4. The van der Waals surface area contributed by atoms with Crippen molar-refractivity contribution in [2.75, 3.05) is 0 Å². The number of phenols is 2. The van der Waals surface area contributed by atoms with E-state index in [2.05, 4.69) is 26.0 Å². The molecule has 0 bridgehead atoms. The van der Waals surface area contributed by atoms with E-state index in [1.165, 1.54) is 11.6 Å². The van der Waals surface area contributed by atoms with Crippen LogP contribution in [0, 0.1) is 5.92 Å². The summed E-state index contributed by atoms with van der Waals surface area (Å²) in [5.41, 5.74) is 3.79. The zero-order valence-electron chi connectivity index (χ0n) is 18.1. The summed E-state index contributed by atoms with van der Waals surface area (Å²) < 4.78 is 5.55. The fourth-order valence-corrected chi connectivity index (χ4v) is 3.31. The number of benzene rings is 3. The molecule has 3 rings (SSSR count). The zero-order valence-corrected chi connectivity index (χ0v) is 18.1. The highest BCUT2D eigenvalue weighted by Crippen LogP contribution is 2.24. The van der Waals surface area contributed by atoms with Gasteiger partial charge in [0.2, 0.25) is 0 Å². The maximum absolute atomic E-state index is 12.6. The fraction of sp³-hybridized carbons (Fsp3) is 0.222. The molecular weight excluding hydrogens is 388 g/mol. The number of rotatable bonds is 7. The van der Waals surface area contributed by atoms with Gasteiger partial charge in [0.25, 0.3) is 0 Å². The van der Waals surface area contributed by atoms with Crippen molar-refractivity contribution in [1.82, 2.24) is 0 Å². The molecule has 1 unspecified atom stereocenters. The number of carbonyl (C=O) groups excluding carboxylic acids is 1. The van der Waals surface area contributed by atoms with Crippen LogP contribution >= 0.6 is 0 Å². The average molecular weight is 417 g/mol. The Morgan fingerprint density at radius 1 is 0.839 bits per heavy atom. The smallest absolute Gasteiger partial charge is 0.318 e. The van der Waals surface area contributed by atoms with Crippen LogP contribution in [0.1, 0.15) is 48.9 Å². The van der Waals surface area contributed by atoms with Crippen molar-refractivity contribution in [3.05, 3.63) is 89.0 Å². The molecule has 0 spiro atoms. The van der Waals surface area contributed by atoms with Crippen LogP contribution in [0.4, 0.5) is 0 Å². The second-order valence-electron chi connectivity index (χ2n) is 8.17. The van der Waals surface area contributed by atoms with Gasteiger partial charge in [0.15, 0.2) is 0 Å². The van der Waals surface area contributed by atoms with Crippen molar-refractivity contribution in [2.45, 2.75) is 33.1 Å². The SMILES string of the molecule is CC(C)Cc1ccc(C(C)C(=O)Oc2ccc(/C=C/c3cc(O)cc(O)c3)cc2)cc1. The first-order valence-electron chi connectivity index (χ1n) is 10.4. The maximum Gasteiger partial charge on any atom is 0.318 e. The van der Waals surface area contributed by atoms with E-state index < -0.39 is 0 Å². The standard InChI is InChI=1S/C27H28O4/c1-18(2)14-21-6-10-23(11-7-21)19(3)27(30)31-26-12-8-20(9-13-26)4-5-22-15-24(28)17-25(29)16-22/h4-13,15-19,28-29H,14H2,1-3H3/b5-4+. The Hall–Kier alpha value is -3.53. The molecule has 3 aromatic carbocycles. The summed E-state index contributed by atoms with van der Waals surface area (Å²) in [6, 6.07) is 19.7. The van der Waals surface area contributed by atoms with Crippen molar-refractivity contribution in [1.29, 1.82) is 0 Å². The molecule has 0 aromatic heterocycles. The average Bonchev–Trinajstić information content (AvgIpc) is 2.72. The summed E-state index contributed by atoms with van der Waals surface area (Å²) in [6.45, 7) is 6.22. The van der Waals surface area contributed by atoms with Crippen LogP contribution < -0.4 is 4.74 Å². The van der Waals surface area contributed by atoms with Gasteiger partial charge in [0.1, 0.15) is 17.2 Å². The molecule has 31 heavy (non-hydrogen) atoms. The van der Waals surface area contributed by atoms with Gasteiger partial charge in [-0.25, -0.2) is 0 Å². The number of esters is 1. The van der Waals surface area contributed by atoms with Gasteiger partial charge >= 0.3 is 5.97 Å². The highest BCUT2D eigenvalue weighted by Gasteiger charge is 2.17. The molecule has 0 amide bonds. The monoisotopic (exact) mass is 416 g/mol. The molecule has 0 aliphatic carbocycles. The minimum atomic E-state index is -0.355. The number of ether oxygens (including phenoxy) is 1. The third-order valence-electron chi connectivity index (χ3n) is 4.97. The number of carbonyl (C=O) groups is 1. The molecular formula is C27H28O4. The molecule has 4 heteroatoms. The molecule has 0 fully saturated rings. The molecule has 0 aliphatic rings. The molecule has 4 nitrogen and oxygen atoms in total. The van der Waals surface area contributed by atoms with Crippen molar-refractivity contribution < 1.29 is 19.7 Å². The molecule has 0 heterocycles. The lowest BCUT2D eigenvalue weighted by atomic mass is 9.97. The van der Waals surface area contributed by atoms with Crippen LogP contribution in [0.25, 0.3) is 12.2 Å². The summed E-state index contributed by atoms with van der Waals surface area (Å²) in [6.07, 6.45) is 4.65. The first-order valence-corrected chi connectivity index (χ1v) is 10.4. The van der Waals surface area contributed by atoms with Crippen LogP contribution in [-0.4, -0.2) is 16.2 Å². The van der Waals surface area contributed by atoms with E-state index in [1.807, 2.05) is 37.3 Å². The van der Waals surface area contributed by atoms with E-state index in [0.717, 1.165) is 17.5 Å². The molecule has 3 aromatic rings. The summed E-state index contributed by atoms with van der Waals surface area (Å²) in [4.78, 5) is 12.6. The van der Waals surface area contributed by atoms with Crippen molar-refractivity contribution in [2.24, 2.45) is 5.92 Å². The second-order valence-corrected chi connectivity index (χ2v) is 8.17. The first-order chi connectivity index (χ1) is 14.8. The van der Waals surface area contributed by atoms with Crippen LogP contribution in [-0.2, 0) is 11.2 Å². The van der Waals surface area contributed by atoms with Crippen LogP contribution in [0.5, 0.6) is 17.2 Å². The Kier molecular flexibility index (Phi) is 7.14. The van der Waals surface area contributed by atoms with Gasteiger partial charge in [0, 0.05) is 6.07 Å². The summed E-state index contributed by atoms with van der Waals surface area (Å²) in [7, 11) is 0. The van der Waals surface area contributed by atoms with Crippen LogP contribution in [0.15, 0.2) is 66.7 Å². The quantitative estimate of drug-likeness (QED) is 0.274. The number of phenolic OH excluding ortho intramolecular Hbond substituents is 2. The van der Waals surface area contributed by atoms with Gasteiger partial charge in [-0.2, -0.15) is 0 Å². The summed E-state index contributed by atoms with van der Waals surface area (Å²) >= 11 is 0. The van der Waals surface area contributed by atoms with Crippen molar-refractivity contribution >= 4 is 18.1 Å². The van der Waals surface area contributed by atoms with Crippen molar-refractivity contribution in [3.8, 4) is 17.2 Å².